The van der Waals surface area contributed by atoms with E-state index in [0.717, 1.165) is 0 Å². The van der Waals surface area contributed by atoms with E-state index in [1.807, 2.05) is 0 Å². The molecule has 1 rings (SSSR count). The van der Waals surface area contributed by atoms with Gasteiger partial charge in [0.1, 0.15) is 5.69 Å². The fraction of sp³-hybridized carbons (Fsp3) is 0.500. The molecule has 0 saturated heterocycles. The number of hydrogen-bond acceptors (Lipinski definition) is 5. The highest BCUT2D eigenvalue weighted by molar-refractivity contribution is 6.01. The van der Waals surface area contributed by atoms with E-state index < -0.39 is 11.9 Å². The van der Waals surface area contributed by atoms with Crippen LogP contribution >= 0.6 is 0 Å². The van der Waals surface area contributed by atoms with Crippen molar-refractivity contribution in [2.24, 2.45) is 0 Å². The van der Waals surface area contributed by atoms with Gasteiger partial charge in [0.25, 0.3) is 0 Å². The predicted octanol–water partition coefficient (Wildman–Crippen LogP) is 1.81. The van der Waals surface area contributed by atoms with Gasteiger partial charge in [0.05, 0.1) is 19.6 Å². The number of aromatic amines is 1. The quantitative estimate of drug-likeness (QED) is 0.635. The summed E-state index contributed by atoms with van der Waals surface area (Å²) in [7, 11) is 0. The molecule has 0 unspecified atom stereocenters. The second-order valence-electron chi connectivity index (χ2n) is 4.24. The molecule has 0 atom stereocenters. The predicted molar refractivity (Wildman–Crippen MR) is 71.8 cm³/mol. The smallest absolute Gasteiger partial charge is 0.355 e. The van der Waals surface area contributed by atoms with Crippen molar-refractivity contribution in [1.82, 2.24) is 4.98 Å². The van der Waals surface area contributed by atoms with Gasteiger partial charge in [0.2, 0.25) is 0 Å². The molecule has 1 aromatic rings. The lowest BCUT2D eigenvalue weighted by atomic mass is 10.0. The van der Waals surface area contributed by atoms with Gasteiger partial charge in [-0.1, -0.05) is 0 Å². The van der Waals surface area contributed by atoms with Crippen molar-refractivity contribution in [3.05, 3.63) is 22.5 Å². The first-order valence-electron chi connectivity index (χ1n) is 6.47. The highest BCUT2D eigenvalue weighted by Crippen LogP contribution is 2.21. The Balaban J connectivity index is 3.16. The minimum Gasteiger partial charge on any atom is -0.466 e. The van der Waals surface area contributed by atoms with Crippen LogP contribution < -0.4 is 0 Å². The molecular weight excluding hydrogens is 262 g/mol. The average Bonchev–Trinajstić information content (AvgIpc) is 2.66. The highest BCUT2D eigenvalue weighted by atomic mass is 16.5. The minimum atomic E-state index is -0.539. The molecule has 0 radical (unpaired) electrons. The molecule has 1 N–H and O–H groups in total. The summed E-state index contributed by atoms with van der Waals surface area (Å²) in [5.74, 6) is -1.21. The van der Waals surface area contributed by atoms with Crippen molar-refractivity contribution < 1.29 is 23.9 Å². The van der Waals surface area contributed by atoms with E-state index >= 15 is 0 Å². The fourth-order valence-corrected chi connectivity index (χ4v) is 2.03. The van der Waals surface area contributed by atoms with Crippen molar-refractivity contribution in [1.29, 1.82) is 0 Å². The number of carbonyl (C=O) groups is 3. The molecule has 0 saturated carbocycles. The van der Waals surface area contributed by atoms with Crippen LogP contribution in [0.15, 0.2) is 0 Å². The highest BCUT2D eigenvalue weighted by Gasteiger charge is 2.24. The molecular formula is C14H19NO5. The van der Waals surface area contributed by atoms with E-state index in [0.29, 0.717) is 16.8 Å². The Hall–Kier alpha value is -2.11. The Kier molecular flexibility index (Phi) is 5.49. The van der Waals surface area contributed by atoms with Gasteiger partial charge in [-0.05, 0) is 33.3 Å². The van der Waals surface area contributed by atoms with Gasteiger partial charge in [-0.15, -0.1) is 0 Å². The van der Waals surface area contributed by atoms with E-state index in [1.54, 1.807) is 20.8 Å². The van der Waals surface area contributed by atoms with Gasteiger partial charge in [-0.2, -0.15) is 0 Å². The third-order valence-electron chi connectivity index (χ3n) is 2.79. The summed E-state index contributed by atoms with van der Waals surface area (Å²) in [5, 5.41) is 0. The van der Waals surface area contributed by atoms with Crippen LogP contribution in [0, 0.1) is 6.92 Å². The largest absolute Gasteiger partial charge is 0.466 e. The third kappa shape index (κ3) is 3.46. The number of aromatic nitrogens is 1. The Bertz CT molecular complexity index is 530. The van der Waals surface area contributed by atoms with E-state index in [4.69, 9.17) is 9.47 Å². The summed E-state index contributed by atoms with van der Waals surface area (Å²) in [5.41, 5.74) is 1.43. The number of carbonyl (C=O) groups excluding carboxylic acids is 3. The number of H-pyrrole nitrogens is 1. The number of Topliss-reactive ketones (excluding diaryl/α,β-unsaturated/α-hetero) is 1. The van der Waals surface area contributed by atoms with E-state index in [-0.39, 0.29) is 31.1 Å². The molecule has 20 heavy (non-hydrogen) atoms. The van der Waals surface area contributed by atoms with Crippen molar-refractivity contribution in [3.63, 3.8) is 0 Å². The zero-order chi connectivity index (χ0) is 15.3. The normalized spacial score (nSPS) is 10.2. The Morgan fingerprint density at radius 1 is 1.10 bits per heavy atom. The van der Waals surface area contributed by atoms with Crippen LogP contribution in [0.5, 0.6) is 0 Å². The van der Waals surface area contributed by atoms with E-state index in [1.165, 1.54) is 6.92 Å². The first kappa shape index (κ1) is 15.9. The zero-order valence-corrected chi connectivity index (χ0v) is 12.2. The Labute approximate surface area is 117 Å². The van der Waals surface area contributed by atoms with E-state index in [9.17, 15) is 14.4 Å². The van der Waals surface area contributed by atoms with Crippen LogP contribution in [-0.2, 0) is 20.7 Å². The molecule has 0 aliphatic heterocycles. The molecule has 0 aliphatic rings. The summed E-state index contributed by atoms with van der Waals surface area (Å²) >= 11 is 0. The monoisotopic (exact) mass is 281 g/mol. The summed E-state index contributed by atoms with van der Waals surface area (Å²) in [6.07, 6.45) is -0.0804. The standard InChI is InChI=1S/C14H19NO5/c1-5-19-11(17)7-10-12(9(4)16)8(3)13(15-10)14(18)20-6-2/h15H,5-7H2,1-4H3. The molecule has 0 aliphatic carbocycles. The van der Waals surface area contributed by atoms with Crippen molar-refractivity contribution in [2.75, 3.05) is 13.2 Å². The molecule has 6 nitrogen and oxygen atoms in total. The van der Waals surface area contributed by atoms with Crippen molar-refractivity contribution in [2.45, 2.75) is 34.1 Å². The number of ketones is 1. The fourth-order valence-electron chi connectivity index (χ4n) is 2.03. The lowest BCUT2D eigenvalue weighted by Crippen LogP contribution is -2.10. The van der Waals surface area contributed by atoms with Gasteiger partial charge in [-0.3, -0.25) is 9.59 Å². The first-order chi connectivity index (χ1) is 9.42. The minimum absolute atomic E-state index is 0.0804. The van der Waals surface area contributed by atoms with Crippen LogP contribution in [0.4, 0.5) is 0 Å². The molecule has 0 spiro atoms. The lowest BCUT2D eigenvalue weighted by molar-refractivity contribution is -0.142. The number of esters is 2. The maximum absolute atomic E-state index is 11.8. The number of rotatable bonds is 6. The average molecular weight is 281 g/mol. The molecule has 0 fully saturated rings. The molecule has 110 valence electrons. The van der Waals surface area contributed by atoms with Gasteiger partial charge < -0.3 is 14.5 Å². The summed E-state index contributed by atoms with van der Waals surface area (Å²) in [4.78, 5) is 37.8. The van der Waals surface area contributed by atoms with Crippen molar-refractivity contribution in [3.8, 4) is 0 Å². The van der Waals surface area contributed by atoms with Crippen LogP contribution in [0.1, 0.15) is 52.9 Å². The molecule has 1 heterocycles. The second-order valence-corrected chi connectivity index (χ2v) is 4.24. The molecule has 0 bridgehead atoms. The molecule has 6 heteroatoms. The van der Waals surface area contributed by atoms with Crippen LogP contribution in [0.2, 0.25) is 0 Å². The number of hydrogen-bond donors (Lipinski definition) is 1. The van der Waals surface area contributed by atoms with E-state index in [2.05, 4.69) is 4.98 Å². The van der Waals surface area contributed by atoms with Gasteiger partial charge in [-0.25, -0.2) is 4.79 Å². The maximum atomic E-state index is 11.8. The first-order valence-corrected chi connectivity index (χ1v) is 6.47. The topological polar surface area (TPSA) is 85.5 Å². The Morgan fingerprint density at radius 2 is 1.70 bits per heavy atom. The maximum Gasteiger partial charge on any atom is 0.355 e. The summed E-state index contributed by atoms with van der Waals surface area (Å²) in [6.45, 7) is 6.93. The Morgan fingerprint density at radius 3 is 2.20 bits per heavy atom. The van der Waals surface area contributed by atoms with Gasteiger partial charge in [0, 0.05) is 11.3 Å². The second kappa shape index (κ2) is 6.88. The zero-order valence-electron chi connectivity index (χ0n) is 12.2. The summed E-state index contributed by atoms with van der Waals surface area (Å²) < 4.78 is 9.76. The van der Waals surface area contributed by atoms with Gasteiger partial charge >= 0.3 is 11.9 Å². The van der Waals surface area contributed by atoms with Crippen LogP contribution in [0.25, 0.3) is 0 Å². The third-order valence-corrected chi connectivity index (χ3v) is 2.79. The number of ether oxygens (including phenoxy) is 2. The van der Waals surface area contributed by atoms with Crippen LogP contribution in [0.3, 0.4) is 0 Å². The molecule has 0 aromatic carbocycles. The lowest BCUT2D eigenvalue weighted by Gasteiger charge is -2.02. The van der Waals surface area contributed by atoms with Crippen LogP contribution in [-0.4, -0.2) is 35.9 Å². The van der Waals surface area contributed by atoms with Gasteiger partial charge in [0.15, 0.2) is 5.78 Å². The van der Waals surface area contributed by atoms with Crippen molar-refractivity contribution >= 4 is 17.7 Å². The molecule has 0 amide bonds. The molecule has 1 aromatic heterocycles. The number of nitrogens with one attached hydrogen (secondary N) is 1. The summed E-state index contributed by atoms with van der Waals surface area (Å²) in [6, 6.07) is 0. The SMILES string of the molecule is CCOC(=O)Cc1[nH]c(C(=O)OCC)c(C)c1C(C)=O.